The number of nitrogens with one attached hydrogen (secondary N) is 1. The van der Waals surface area contributed by atoms with Crippen molar-refractivity contribution >= 4 is 6.09 Å². The molecule has 5 heteroatoms. The van der Waals surface area contributed by atoms with Crippen LogP contribution in [0.1, 0.15) is 31.7 Å². The van der Waals surface area contributed by atoms with E-state index in [0.717, 1.165) is 38.8 Å². The number of rotatable bonds is 5. The minimum atomic E-state index is -0.233. The Hall–Kier alpha value is -1.75. The van der Waals surface area contributed by atoms with Gasteiger partial charge in [0.2, 0.25) is 0 Å². The highest BCUT2D eigenvalue weighted by molar-refractivity contribution is 5.67. The van der Waals surface area contributed by atoms with Crippen LogP contribution in [0.4, 0.5) is 4.79 Å². The van der Waals surface area contributed by atoms with E-state index in [1.165, 1.54) is 12.7 Å². The van der Waals surface area contributed by atoms with Gasteiger partial charge in [-0.3, -0.25) is 0 Å². The predicted molar refractivity (Wildman–Crippen MR) is 86.0 cm³/mol. The van der Waals surface area contributed by atoms with Gasteiger partial charge in [-0.05, 0) is 50.3 Å². The smallest absolute Gasteiger partial charge is 0.409 e. The summed E-state index contributed by atoms with van der Waals surface area (Å²) in [5.74, 6) is 0.306. The van der Waals surface area contributed by atoms with Gasteiger partial charge < -0.3 is 20.1 Å². The highest BCUT2D eigenvalue weighted by atomic mass is 16.5. The Balaban J connectivity index is 1.75. The standard InChI is InChI=1S/C17H26N2O3/c1-13(5-6-14-7-9-16(20)10-8-14)18-15-4-3-11-19(12-15)17(21)22-2/h7-10,13,15,18,20H,3-6,11-12H2,1-2H3. The van der Waals surface area contributed by atoms with Crippen LogP contribution in [0.2, 0.25) is 0 Å². The minimum Gasteiger partial charge on any atom is -0.508 e. The highest BCUT2D eigenvalue weighted by Crippen LogP contribution is 2.14. The van der Waals surface area contributed by atoms with E-state index in [1.807, 2.05) is 12.1 Å². The summed E-state index contributed by atoms with van der Waals surface area (Å²) < 4.78 is 4.80. The first-order chi connectivity index (χ1) is 10.6. The zero-order chi connectivity index (χ0) is 15.9. The Morgan fingerprint density at radius 1 is 1.45 bits per heavy atom. The highest BCUT2D eigenvalue weighted by Gasteiger charge is 2.24. The molecule has 1 heterocycles. The maximum Gasteiger partial charge on any atom is 0.409 e. The van der Waals surface area contributed by atoms with Crippen molar-refractivity contribution in [3.63, 3.8) is 0 Å². The van der Waals surface area contributed by atoms with E-state index in [2.05, 4.69) is 12.2 Å². The number of carbonyl (C=O) groups is 1. The first kappa shape index (κ1) is 16.6. The van der Waals surface area contributed by atoms with Crippen molar-refractivity contribution in [3.05, 3.63) is 29.8 Å². The molecule has 0 spiro atoms. The molecule has 0 aliphatic carbocycles. The normalized spacial score (nSPS) is 19.7. The predicted octanol–water partition coefficient (Wildman–Crippen LogP) is 2.53. The van der Waals surface area contributed by atoms with Crippen molar-refractivity contribution in [1.29, 1.82) is 0 Å². The second-order valence-electron chi connectivity index (χ2n) is 6.03. The van der Waals surface area contributed by atoms with Crippen molar-refractivity contribution in [2.24, 2.45) is 0 Å². The lowest BCUT2D eigenvalue weighted by atomic mass is 10.0. The third kappa shape index (κ3) is 4.91. The van der Waals surface area contributed by atoms with Crippen LogP contribution in [0.25, 0.3) is 0 Å². The Bertz CT molecular complexity index is 475. The summed E-state index contributed by atoms with van der Waals surface area (Å²) in [6.07, 6.45) is 3.87. The number of hydrogen-bond donors (Lipinski definition) is 2. The summed E-state index contributed by atoms with van der Waals surface area (Å²) in [5, 5.41) is 12.9. The number of benzene rings is 1. The summed E-state index contributed by atoms with van der Waals surface area (Å²) in [6.45, 7) is 3.68. The maximum absolute atomic E-state index is 11.6. The zero-order valence-electron chi connectivity index (χ0n) is 13.4. The number of hydrogen-bond acceptors (Lipinski definition) is 4. The van der Waals surface area contributed by atoms with Gasteiger partial charge in [0.15, 0.2) is 0 Å². The molecule has 1 aliphatic rings. The molecule has 2 unspecified atom stereocenters. The molecule has 2 N–H and O–H groups in total. The first-order valence-electron chi connectivity index (χ1n) is 7.95. The molecule has 2 rings (SSSR count). The van der Waals surface area contributed by atoms with Gasteiger partial charge in [0.05, 0.1) is 7.11 Å². The molecule has 0 aromatic heterocycles. The number of carbonyl (C=O) groups excluding carboxylic acids is 1. The molecule has 2 atom stereocenters. The van der Waals surface area contributed by atoms with E-state index < -0.39 is 0 Å². The fraction of sp³-hybridized carbons (Fsp3) is 0.588. The van der Waals surface area contributed by atoms with E-state index in [9.17, 15) is 9.90 Å². The Morgan fingerprint density at radius 3 is 2.86 bits per heavy atom. The largest absolute Gasteiger partial charge is 0.508 e. The second-order valence-corrected chi connectivity index (χ2v) is 6.03. The molecule has 1 saturated heterocycles. The lowest BCUT2D eigenvalue weighted by Crippen LogP contribution is -2.50. The number of phenolic OH excluding ortho intramolecular Hbond substituents is 1. The first-order valence-corrected chi connectivity index (χ1v) is 7.95. The van der Waals surface area contributed by atoms with Crippen LogP contribution in [-0.4, -0.2) is 48.4 Å². The molecule has 0 radical (unpaired) electrons. The van der Waals surface area contributed by atoms with Crippen molar-refractivity contribution < 1.29 is 14.6 Å². The quantitative estimate of drug-likeness (QED) is 0.877. The molecule has 1 aromatic rings. The molecule has 1 amide bonds. The van der Waals surface area contributed by atoms with Gasteiger partial charge in [0.1, 0.15) is 5.75 Å². The van der Waals surface area contributed by atoms with E-state index in [0.29, 0.717) is 17.8 Å². The van der Waals surface area contributed by atoms with Crippen LogP contribution in [0, 0.1) is 0 Å². The minimum absolute atomic E-state index is 0.233. The molecule has 1 aromatic carbocycles. The number of ether oxygens (including phenoxy) is 1. The van der Waals surface area contributed by atoms with Crippen LogP contribution < -0.4 is 5.32 Å². The van der Waals surface area contributed by atoms with Gasteiger partial charge in [0, 0.05) is 25.2 Å². The number of phenols is 1. The van der Waals surface area contributed by atoms with Crippen molar-refractivity contribution in [2.75, 3.05) is 20.2 Å². The van der Waals surface area contributed by atoms with Gasteiger partial charge in [-0.2, -0.15) is 0 Å². The summed E-state index contributed by atoms with van der Waals surface area (Å²) in [5.41, 5.74) is 1.23. The summed E-state index contributed by atoms with van der Waals surface area (Å²) in [6, 6.07) is 8.09. The molecule has 0 saturated carbocycles. The summed E-state index contributed by atoms with van der Waals surface area (Å²) in [4.78, 5) is 13.4. The second kappa shape index (κ2) is 8.03. The Labute approximate surface area is 132 Å². The molecular weight excluding hydrogens is 280 g/mol. The number of aryl methyl sites for hydroxylation is 1. The van der Waals surface area contributed by atoms with Crippen molar-refractivity contribution in [1.82, 2.24) is 10.2 Å². The SMILES string of the molecule is COC(=O)N1CCCC(NC(C)CCc2ccc(O)cc2)C1. The number of methoxy groups -OCH3 is 1. The Kier molecular flexibility index (Phi) is 6.07. The molecule has 1 fully saturated rings. The average molecular weight is 306 g/mol. The number of piperidine rings is 1. The lowest BCUT2D eigenvalue weighted by Gasteiger charge is -2.33. The van der Waals surface area contributed by atoms with Gasteiger partial charge in [0.25, 0.3) is 0 Å². The monoisotopic (exact) mass is 306 g/mol. The van der Waals surface area contributed by atoms with E-state index >= 15 is 0 Å². The molecule has 1 aliphatic heterocycles. The van der Waals surface area contributed by atoms with Crippen molar-refractivity contribution in [2.45, 2.75) is 44.7 Å². The summed E-state index contributed by atoms with van der Waals surface area (Å²) >= 11 is 0. The van der Waals surface area contributed by atoms with Gasteiger partial charge in [-0.25, -0.2) is 4.79 Å². The number of likely N-dealkylation sites (tertiary alicyclic amines) is 1. The topological polar surface area (TPSA) is 61.8 Å². The number of amides is 1. The Morgan fingerprint density at radius 2 is 2.18 bits per heavy atom. The van der Waals surface area contributed by atoms with Crippen LogP contribution in [0.5, 0.6) is 5.75 Å². The van der Waals surface area contributed by atoms with E-state index in [1.54, 1.807) is 17.0 Å². The third-order valence-electron chi connectivity index (χ3n) is 4.18. The lowest BCUT2D eigenvalue weighted by molar-refractivity contribution is 0.106. The van der Waals surface area contributed by atoms with Crippen LogP contribution in [-0.2, 0) is 11.2 Å². The van der Waals surface area contributed by atoms with E-state index in [-0.39, 0.29) is 6.09 Å². The molecule has 122 valence electrons. The zero-order valence-corrected chi connectivity index (χ0v) is 13.4. The van der Waals surface area contributed by atoms with Gasteiger partial charge in [-0.15, -0.1) is 0 Å². The fourth-order valence-corrected chi connectivity index (χ4v) is 2.94. The van der Waals surface area contributed by atoms with Crippen LogP contribution in [0.15, 0.2) is 24.3 Å². The molecule has 22 heavy (non-hydrogen) atoms. The number of nitrogens with zero attached hydrogens (tertiary/aromatic N) is 1. The molecule has 0 bridgehead atoms. The number of aromatic hydroxyl groups is 1. The van der Waals surface area contributed by atoms with Crippen LogP contribution >= 0.6 is 0 Å². The maximum atomic E-state index is 11.6. The summed E-state index contributed by atoms with van der Waals surface area (Å²) in [7, 11) is 1.43. The average Bonchev–Trinajstić information content (AvgIpc) is 2.54. The van der Waals surface area contributed by atoms with Crippen LogP contribution in [0.3, 0.4) is 0 Å². The van der Waals surface area contributed by atoms with E-state index in [4.69, 9.17) is 4.74 Å². The third-order valence-corrected chi connectivity index (χ3v) is 4.18. The van der Waals surface area contributed by atoms with Gasteiger partial charge in [-0.1, -0.05) is 12.1 Å². The molecule has 5 nitrogen and oxygen atoms in total. The van der Waals surface area contributed by atoms with Gasteiger partial charge >= 0.3 is 6.09 Å². The fourth-order valence-electron chi connectivity index (χ4n) is 2.94. The van der Waals surface area contributed by atoms with Crippen molar-refractivity contribution in [3.8, 4) is 5.75 Å². The molecular formula is C17H26N2O3.